The number of fused-ring (bicyclic) bond motifs is 2. The molecule has 2 heterocycles. The fourth-order valence-electron chi connectivity index (χ4n) is 3.74. The number of hydrogen-bond acceptors (Lipinski definition) is 6. The Kier molecular flexibility index (Phi) is 6.97. The van der Waals surface area contributed by atoms with Crippen LogP contribution >= 0.6 is 0 Å². The summed E-state index contributed by atoms with van der Waals surface area (Å²) in [5.41, 5.74) is 0. The Morgan fingerprint density at radius 1 is 0.700 bits per heavy atom. The number of hydrogen-bond donors (Lipinski definition) is 2. The SMILES string of the molecule is C[C@H](NCCCCN[C@@H](C)[C@@H]1COc2ccccc2O1)[C@@H]1COc2ccccc2O1. The third-order valence-electron chi connectivity index (χ3n) is 5.71. The smallest absolute Gasteiger partial charge is 0.161 e. The van der Waals surface area contributed by atoms with E-state index >= 15 is 0 Å². The van der Waals surface area contributed by atoms with Crippen molar-refractivity contribution in [2.45, 2.75) is 51.0 Å². The molecule has 0 radical (unpaired) electrons. The molecule has 0 saturated heterocycles. The molecule has 0 bridgehead atoms. The van der Waals surface area contributed by atoms with Crippen LogP contribution in [0.1, 0.15) is 26.7 Å². The highest BCUT2D eigenvalue weighted by Gasteiger charge is 2.26. The topological polar surface area (TPSA) is 61.0 Å². The summed E-state index contributed by atoms with van der Waals surface area (Å²) >= 11 is 0. The second-order valence-corrected chi connectivity index (χ2v) is 8.02. The third-order valence-corrected chi connectivity index (χ3v) is 5.71. The van der Waals surface area contributed by atoms with E-state index in [1.165, 1.54) is 0 Å². The average molecular weight is 413 g/mol. The Hall–Kier alpha value is -2.44. The van der Waals surface area contributed by atoms with E-state index in [1.807, 2.05) is 48.5 Å². The molecule has 30 heavy (non-hydrogen) atoms. The number of benzene rings is 2. The van der Waals surface area contributed by atoms with Gasteiger partial charge in [0, 0.05) is 12.1 Å². The van der Waals surface area contributed by atoms with Crippen molar-refractivity contribution in [3.05, 3.63) is 48.5 Å². The first-order valence-electron chi connectivity index (χ1n) is 10.9. The molecule has 2 aromatic rings. The summed E-state index contributed by atoms with van der Waals surface area (Å²) in [4.78, 5) is 0. The average Bonchev–Trinajstić information content (AvgIpc) is 2.80. The number of unbranched alkanes of at least 4 members (excludes halogenated alkanes) is 1. The summed E-state index contributed by atoms with van der Waals surface area (Å²) in [5, 5.41) is 7.14. The first-order valence-corrected chi connectivity index (χ1v) is 10.9. The van der Waals surface area contributed by atoms with Crippen LogP contribution in [0.3, 0.4) is 0 Å². The van der Waals surface area contributed by atoms with Crippen LogP contribution in [-0.2, 0) is 0 Å². The molecule has 2 aromatic carbocycles. The van der Waals surface area contributed by atoms with Gasteiger partial charge in [-0.25, -0.2) is 0 Å². The van der Waals surface area contributed by atoms with E-state index in [0.29, 0.717) is 13.2 Å². The molecule has 2 aliphatic rings. The van der Waals surface area contributed by atoms with Crippen molar-refractivity contribution in [3.63, 3.8) is 0 Å². The van der Waals surface area contributed by atoms with Gasteiger partial charge >= 0.3 is 0 Å². The highest BCUT2D eigenvalue weighted by atomic mass is 16.6. The highest BCUT2D eigenvalue weighted by molar-refractivity contribution is 5.41. The van der Waals surface area contributed by atoms with Crippen molar-refractivity contribution in [2.75, 3.05) is 26.3 Å². The Labute approximate surface area is 178 Å². The number of para-hydroxylation sites is 4. The summed E-state index contributed by atoms with van der Waals surface area (Å²) in [6.45, 7) is 7.37. The second-order valence-electron chi connectivity index (χ2n) is 8.02. The van der Waals surface area contributed by atoms with Gasteiger partial charge in [0.05, 0.1) is 0 Å². The summed E-state index contributed by atoms with van der Waals surface area (Å²) in [6.07, 6.45) is 2.26. The molecule has 0 fully saturated rings. The summed E-state index contributed by atoms with van der Waals surface area (Å²) in [6, 6.07) is 16.1. The molecular formula is C24H32N2O4. The molecule has 162 valence electrons. The van der Waals surface area contributed by atoms with E-state index < -0.39 is 0 Å². The molecule has 0 unspecified atom stereocenters. The van der Waals surface area contributed by atoms with Crippen LogP contribution < -0.4 is 29.6 Å². The largest absolute Gasteiger partial charge is 0.486 e. The predicted molar refractivity (Wildman–Crippen MR) is 117 cm³/mol. The van der Waals surface area contributed by atoms with Crippen LogP contribution in [0, 0.1) is 0 Å². The van der Waals surface area contributed by atoms with Gasteiger partial charge in [-0.1, -0.05) is 24.3 Å². The molecule has 0 amide bonds. The highest BCUT2D eigenvalue weighted by Crippen LogP contribution is 2.32. The Morgan fingerprint density at radius 2 is 1.10 bits per heavy atom. The Balaban J connectivity index is 1.10. The lowest BCUT2D eigenvalue weighted by Gasteiger charge is -2.31. The van der Waals surface area contributed by atoms with Gasteiger partial charge in [0.1, 0.15) is 25.4 Å². The molecule has 0 saturated carbocycles. The molecular weight excluding hydrogens is 380 g/mol. The zero-order valence-electron chi connectivity index (χ0n) is 17.8. The quantitative estimate of drug-likeness (QED) is 0.616. The molecule has 0 aliphatic carbocycles. The minimum atomic E-state index is 0.0318. The van der Waals surface area contributed by atoms with Crippen molar-refractivity contribution in [3.8, 4) is 23.0 Å². The zero-order valence-corrected chi connectivity index (χ0v) is 17.8. The first kappa shape index (κ1) is 20.8. The third kappa shape index (κ3) is 5.18. The van der Waals surface area contributed by atoms with Crippen molar-refractivity contribution in [1.29, 1.82) is 0 Å². The summed E-state index contributed by atoms with van der Waals surface area (Å²) in [7, 11) is 0. The van der Waals surface area contributed by atoms with Crippen LogP contribution in [0.2, 0.25) is 0 Å². The lowest BCUT2D eigenvalue weighted by molar-refractivity contribution is 0.0656. The predicted octanol–water partition coefficient (Wildman–Crippen LogP) is 3.40. The van der Waals surface area contributed by atoms with Crippen LogP contribution in [-0.4, -0.2) is 50.6 Å². The number of nitrogens with one attached hydrogen (secondary N) is 2. The second kappa shape index (κ2) is 10.0. The number of rotatable bonds is 9. The van der Waals surface area contributed by atoms with Gasteiger partial charge in [0.15, 0.2) is 23.0 Å². The van der Waals surface area contributed by atoms with Crippen molar-refractivity contribution < 1.29 is 18.9 Å². The van der Waals surface area contributed by atoms with Crippen LogP contribution in [0.5, 0.6) is 23.0 Å². The molecule has 6 heteroatoms. The molecule has 4 atom stereocenters. The van der Waals surface area contributed by atoms with Gasteiger partial charge in [0.2, 0.25) is 0 Å². The van der Waals surface area contributed by atoms with E-state index in [4.69, 9.17) is 18.9 Å². The zero-order chi connectivity index (χ0) is 20.8. The fourth-order valence-corrected chi connectivity index (χ4v) is 3.74. The Morgan fingerprint density at radius 3 is 1.53 bits per heavy atom. The monoisotopic (exact) mass is 412 g/mol. The van der Waals surface area contributed by atoms with Gasteiger partial charge in [-0.05, 0) is 64.0 Å². The van der Waals surface area contributed by atoms with Gasteiger partial charge in [-0.3, -0.25) is 0 Å². The first-order chi connectivity index (χ1) is 14.7. The van der Waals surface area contributed by atoms with Crippen molar-refractivity contribution >= 4 is 0 Å². The molecule has 2 N–H and O–H groups in total. The minimum absolute atomic E-state index is 0.0318. The van der Waals surface area contributed by atoms with Gasteiger partial charge in [0.25, 0.3) is 0 Å². The van der Waals surface area contributed by atoms with Gasteiger partial charge in [-0.15, -0.1) is 0 Å². The lowest BCUT2D eigenvalue weighted by Crippen LogP contribution is -2.47. The van der Waals surface area contributed by atoms with E-state index in [0.717, 1.165) is 48.9 Å². The molecule has 0 spiro atoms. The van der Waals surface area contributed by atoms with E-state index in [9.17, 15) is 0 Å². The molecule has 4 rings (SSSR count). The van der Waals surface area contributed by atoms with E-state index in [1.54, 1.807) is 0 Å². The normalized spacial score (nSPS) is 21.7. The summed E-state index contributed by atoms with van der Waals surface area (Å²) < 4.78 is 23.8. The van der Waals surface area contributed by atoms with Crippen molar-refractivity contribution in [1.82, 2.24) is 10.6 Å². The molecule has 0 aromatic heterocycles. The van der Waals surface area contributed by atoms with E-state index in [-0.39, 0.29) is 24.3 Å². The number of ether oxygens (including phenoxy) is 4. The maximum atomic E-state index is 6.07. The van der Waals surface area contributed by atoms with Crippen LogP contribution in [0.15, 0.2) is 48.5 Å². The molecule has 6 nitrogen and oxygen atoms in total. The van der Waals surface area contributed by atoms with Gasteiger partial charge < -0.3 is 29.6 Å². The Bertz CT molecular complexity index is 748. The standard InChI is InChI=1S/C24H32N2O4/c1-17(23-15-27-19-9-3-5-11-21(19)29-23)25-13-7-8-14-26-18(2)24-16-28-20-10-4-6-12-22(20)30-24/h3-6,9-12,17-18,23-26H,7-8,13-16H2,1-2H3/t17-,18-,23-,24-/m0/s1. The summed E-state index contributed by atoms with van der Waals surface area (Å²) in [5.74, 6) is 3.32. The lowest BCUT2D eigenvalue weighted by atomic mass is 10.1. The van der Waals surface area contributed by atoms with Crippen LogP contribution in [0.4, 0.5) is 0 Å². The van der Waals surface area contributed by atoms with E-state index in [2.05, 4.69) is 24.5 Å². The maximum Gasteiger partial charge on any atom is 0.161 e. The minimum Gasteiger partial charge on any atom is -0.486 e. The van der Waals surface area contributed by atoms with Gasteiger partial charge in [-0.2, -0.15) is 0 Å². The van der Waals surface area contributed by atoms with Crippen molar-refractivity contribution in [2.24, 2.45) is 0 Å². The maximum absolute atomic E-state index is 6.07. The molecule has 2 aliphatic heterocycles. The van der Waals surface area contributed by atoms with Crippen LogP contribution in [0.25, 0.3) is 0 Å². The fraction of sp³-hybridized carbons (Fsp3) is 0.500.